The van der Waals surface area contributed by atoms with Crippen LogP contribution in [-0.4, -0.2) is 27.7 Å². The highest BCUT2D eigenvalue weighted by atomic mass is 35.5. The molecule has 5 heteroatoms. The lowest BCUT2D eigenvalue weighted by molar-refractivity contribution is -0.141. The molecule has 4 nitrogen and oxygen atoms in total. The minimum Gasteiger partial charge on any atom is -0.507 e. The molecule has 0 spiro atoms. The summed E-state index contributed by atoms with van der Waals surface area (Å²) in [5, 5.41) is 11.7. The Morgan fingerprint density at radius 3 is 2.28 bits per heavy atom. The summed E-state index contributed by atoms with van der Waals surface area (Å²) in [5.41, 5.74) is 3.61. The molecule has 1 unspecified atom stereocenters. The van der Waals surface area contributed by atoms with E-state index in [2.05, 4.69) is 0 Å². The second-order valence-electron chi connectivity index (χ2n) is 8.00. The first kappa shape index (κ1) is 19.7. The van der Waals surface area contributed by atoms with Crippen molar-refractivity contribution in [3.05, 3.63) is 75.3 Å². The van der Waals surface area contributed by atoms with E-state index in [0.29, 0.717) is 10.6 Å². The number of aliphatic hydroxyl groups is 1. The highest BCUT2D eigenvalue weighted by Gasteiger charge is 2.49. The van der Waals surface area contributed by atoms with Crippen molar-refractivity contribution in [1.29, 1.82) is 0 Å². The van der Waals surface area contributed by atoms with E-state index in [4.69, 9.17) is 11.6 Å². The fourth-order valence-electron chi connectivity index (χ4n) is 4.43. The van der Waals surface area contributed by atoms with Crippen molar-refractivity contribution in [2.75, 3.05) is 0 Å². The van der Waals surface area contributed by atoms with E-state index in [-0.39, 0.29) is 17.4 Å². The third kappa shape index (κ3) is 3.46. The zero-order valence-electron chi connectivity index (χ0n) is 16.6. The summed E-state index contributed by atoms with van der Waals surface area (Å²) in [5.74, 6) is -1.26. The maximum absolute atomic E-state index is 13.1. The van der Waals surface area contributed by atoms with Crippen molar-refractivity contribution < 1.29 is 14.7 Å². The smallest absolute Gasteiger partial charge is 0.295 e. The summed E-state index contributed by atoms with van der Waals surface area (Å²) in [7, 11) is 0. The molecule has 1 aliphatic heterocycles. The molecule has 2 aromatic carbocycles. The van der Waals surface area contributed by atoms with Gasteiger partial charge in [-0.15, -0.1) is 0 Å². The molecule has 1 saturated carbocycles. The van der Waals surface area contributed by atoms with E-state index in [9.17, 15) is 14.7 Å². The van der Waals surface area contributed by atoms with Gasteiger partial charge in [-0.05, 0) is 61.6 Å². The molecule has 1 heterocycles. The van der Waals surface area contributed by atoms with Crippen molar-refractivity contribution in [2.45, 2.75) is 51.6 Å². The predicted molar refractivity (Wildman–Crippen MR) is 114 cm³/mol. The third-order valence-corrected chi connectivity index (χ3v) is 6.42. The Balaban J connectivity index is 1.89. The van der Waals surface area contributed by atoms with Gasteiger partial charge < -0.3 is 10.0 Å². The lowest BCUT2D eigenvalue weighted by Gasteiger charge is -2.30. The van der Waals surface area contributed by atoms with Gasteiger partial charge in [-0.1, -0.05) is 48.7 Å². The largest absolute Gasteiger partial charge is 0.507 e. The lowest BCUT2D eigenvalue weighted by Crippen LogP contribution is -2.37. The molecule has 2 aliphatic rings. The summed E-state index contributed by atoms with van der Waals surface area (Å²) >= 11 is 6.06. The van der Waals surface area contributed by atoms with E-state index in [1.807, 2.05) is 38.1 Å². The molecule has 0 radical (unpaired) electrons. The van der Waals surface area contributed by atoms with Gasteiger partial charge in [0.05, 0.1) is 11.6 Å². The van der Waals surface area contributed by atoms with E-state index < -0.39 is 17.7 Å². The summed E-state index contributed by atoms with van der Waals surface area (Å²) in [6, 6.07) is 12.1. The second-order valence-corrected chi connectivity index (χ2v) is 8.43. The van der Waals surface area contributed by atoms with Crippen molar-refractivity contribution in [1.82, 2.24) is 4.90 Å². The lowest BCUT2D eigenvalue weighted by atomic mass is 9.94. The number of rotatable bonds is 3. The molecule has 4 rings (SSSR count). The number of carbonyl (C=O) groups is 2. The average Bonchev–Trinajstić information content (AvgIpc) is 3.31. The molecule has 1 aliphatic carbocycles. The Hall–Kier alpha value is -2.59. The molecular weight excluding hydrogens is 386 g/mol. The molecule has 1 atom stereocenters. The van der Waals surface area contributed by atoms with Crippen molar-refractivity contribution in [2.24, 2.45) is 0 Å². The van der Waals surface area contributed by atoms with Crippen LogP contribution in [0.1, 0.15) is 54.0 Å². The van der Waals surface area contributed by atoms with Crippen molar-refractivity contribution in [3.63, 3.8) is 0 Å². The number of nitrogens with zero attached hydrogens (tertiary/aromatic N) is 1. The summed E-state index contributed by atoms with van der Waals surface area (Å²) < 4.78 is 0. The Kier molecular flexibility index (Phi) is 5.22. The zero-order chi connectivity index (χ0) is 20.7. The van der Waals surface area contributed by atoms with E-state index in [0.717, 1.165) is 42.4 Å². The highest BCUT2D eigenvalue weighted by molar-refractivity contribution is 6.46. The number of likely N-dealkylation sites (tertiary alicyclic amines) is 1. The highest BCUT2D eigenvalue weighted by Crippen LogP contribution is 2.43. The van der Waals surface area contributed by atoms with Gasteiger partial charge in [0.25, 0.3) is 11.7 Å². The van der Waals surface area contributed by atoms with Crippen LogP contribution in [0, 0.1) is 13.8 Å². The minimum absolute atomic E-state index is 0.0113. The number of ketones is 1. The monoisotopic (exact) mass is 409 g/mol. The fraction of sp³-hybridized carbons (Fsp3) is 0.333. The SMILES string of the molecule is Cc1ccc(/C(O)=C2/C(=O)C(=O)N(C3CCCC3)C2c2ccc(Cl)cc2)cc1C. The Labute approximate surface area is 175 Å². The van der Waals surface area contributed by atoms with E-state index in [1.54, 1.807) is 23.1 Å². The number of Topliss-reactive ketones (excluding diaryl/α,β-unsaturated/α-hetero) is 1. The van der Waals surface area contributed by atoms with Crippen LogP contribution in [0.2, 0.25) is 5.02 Å². The summed E-state index contributed by atoms with van der Waals surface area (Å²) in [6.45, 7) is 3.95. The number of aliphatic hydroxyl groups excluding tert-OH is 1. The molecule has 1 amide bonds. The quantitative estimate of drug-likeness (QED) is 0.424. The molecule has 1 saturated heterocycles. The number of hydrogen-bond donors (Lipinski definition) is 1. The molecule has 1 N–H and O–H groups in total. The van der Waals surface area contributed by atoms with E-state index >= 15 is 0 Å². The summed E-state index contributed by atoms with van der Waals surface area (Å²) in [4.78, 5) is 27.8. The fourth-order valence-corrected chi connectivity index (χ4v) is 4.55. The van der Waals surface area contributed by atoms with Gasteiger partial charge in [0.15, 0.2) is 0 Å². The first-order chi connectivity index (χ1) is 13.9. The van der Waals surface area contributed by atoms with Crippen LogP contribution < -0.4 is 0 Å². The first-order valence-electron chi connectivity index (χ1n) is 10.0. The van der Waals surface area contributed by atoms with Crippen LogP contribution in [0.4, 0.5) is 0 Å². The van der Waals surface area contributed by atoms with Gasteiger partial charge in [-0.3, -0.25) is 9.59 Å². The Morgan fingerprint density at radius 1 is 1.00 bits per heavy atom. The molecule has 0 bridgehead atoms. The van der Waals surface area contributed by atoms with Gasteiger partial charge in [0.1, 0.15) is 5.76 Å². The normalized spacial score (nSPS) is 21.9. The van der Waals surface area contributed by atoms with Gasteiger partial charge in [0, 0.05) is 16.6 Å². The molecule has 2 aromatic rings. The van der Waals surface area contributed by atoms with Gasteiger partial charge in [-0.2, -0.15) is 0 Å². The van der Waals surface area contributed by atoms with Crippen molar-refractivity contribution in [3.8, 4) is 0 Å². The van der Waals surface area contributed by atoms with Crippen molar-refractivity contribution >= 4 is 29.1 Å². The number of hydrogen-bond acceptors (Lipinski definition) is 3. The van der Waals surface area contributed by atoms with Crippen LogP contribution in [-0.2, 0) is 9.59 Å². The number of aryl methyl sites for hydroxylation is 2. The Morgan fingerprint density at radius 2 is 1.66 bits per heavy atom. The Bertz CT molecular complexity index is 1000. The van der Waals surface area contributed by atoms with Gasteiger partial charge in [0.2, 0.25) is 0 Å². The number of carbonyl (C=O) groups excluding carboxylic acids is 2. The first-order valence-corrected chi connectivity index (χ1v) is 10.4. The predicted octanol–water partition coefficient (Wildman–Crippen LogP) is 5.32. The van der Waals surface area contributed by atoms with E-state index in [1.165, 1.54) is 0 Å². The maximum atomic E-state index is 13.1. The topological polar surface area (TPSA) is 57.6 Å². The molecule has 0 aromatic heterocycles. The van der Waals surface area contributed by atoms with Crippen LogP contribution >= 0.6 is 11.6 Å². The van der Waals surface area contributed by atoms with Gasteiger partial charge >= 0.3 is 0 Å². The minimum atomic E-state index is -0.618. The van der Waals surface area contributed by atoms with Crippen LogP contribution in [0.25, 0.3) is 5.76 Å². The average molecular weight is 410 g/mol. The molecule has 2 fully saturated rings. The second kappa shape index (κ2) is 7.68. The maximum Gasteiger partial charge on any atom is 0.295 e. The summed E-state index contributed by atoms with van der Waals surface area (Å²) in [6.07, 6.45) is 3.83. The molecule has 29 heavy (non-hydrogen) atoms. The third-order valence-electron chi connectivity index (χ3n) is 6.16. The van der Waals surface area contributed by atoms with Crippen LogP contribution in [0.15, 0.2) is 48.0 Å². The van der Waals surface area contributed by atoms with Crippen LogP contribution in [0.3, 0.4) is 0 Å². The van der Waals surface area contributed by atoms with Crippen LogP contribution in [0.5, 0.6) is 0 Å². The number of amides is 1. The molecule has 150 valence electrons. The zero-order valence-corrected chi connectivity index (χ0v) is 17.4. The number of benzene rings is 2. The molecular formula is C24H24ClNO3. The van der Waals surface area contributed by atoms with Gasteiger partial charge in [-0.25, -0.2) is 0 Å². The number of halogens is 1. The standard InChI is InChI=1S/C24H24ClNO3/c1-14-7-8-17(13-15(14)2)22(27)20-21(16-9-11-18(25)12-10-16)26(24(29)23(20)28)19-5-3-4-6-19/h7-13,19,21,27H,3-6H2,1-2H3/b22-20-.